The summed E-state index contributed by atoms with van der Waals surface area (Å²) in [5.74, 6) is 3.17. The molecule has 0 aliphatic carbocycles. The molecule has 0 aliphatic heterocycles. The first-order valence-corrected chi connectivity index (χ1v) is 9.69. The summed E-state index contributed by atoms with van der Waals surface area (Å²) in [5, 5.41) is 8.08. The lowest BCUT2D eigenvalue weighted by molar-refractivity contribution is 0.0952. The molecule has 152 valence electrons. The monoisotopic (exact) mass is 408 g/mol. The van der Waals surface area contributed by atoms with Crippen LogP contribution >= 0.6 is 0 Å². The van der Waals surface area contributed by atoms with Crippen LogP contribution in [0.4, 0.5) is 0 Å². The number of carbonyl (C=O) groups is 1. The van der Waals surface area contributed by atoms with Gasteiger partial charge in [-0.25, -0.2) is 5.43 Å². The maximum absolute atomic E-state index is 12.8. The first kappa shape index (κ1) is 20.0. The van der Waals surface area contributed by atoms with Crippen LogP contribution in [0.15, 0.2) is 77.9 Å². The molecule has 0 saturated heterocycles. The summed E-state index contributed by atoms with van der Waals surface area (Å²) in [7, 11) is 1.54. The summed E-state index contributed by atoms with van der Waals surface area (Å²) < 4.78 is 11.1. The van der Waals surface area contributed by atoms with Crippen LogP contribution in [-0.2, 0) is 0 Å². The molecule has 5 nitrogen and oxygen atoms in total. The van der Waals surface area contributed by atoms with Crippen molar-refractivity contribution in [2.45, 2.75) is 0 Å². The Morgan fingerprint density at radius 1 is 1.00 bits per heavy atom. The predicted octanol–water partition coefficient (Wildman–Crippen LogP) is 4.78. The molecule has 0 atom stereocenters. The van der Waals surface area contributed by atoms with Gasteiger partial charge in [0.15, 0.2) is 0 Å². The first-order valence-electron chi connectivity index (χ1n) is 9.69. The van der Waals surface area contributed by atoms with Gasteiger partial charge in [-0.2, -0.15) is 5.10 Å². The van der Waals surface area contributed by atoms with Crippen LogP contribution in [0.5, 0.6) is 11.5 Å². The highest BCUT2D eigenvalue weighted by molar-refractivity contribution is 6.04. The van der Waals surface area contributed by atoms with Crippen LogP contribution in [0, 0.1) is 12.3 Å². The molecular weight excluding hydrogens is 388 g/mol. The Morgan fingerprint density at radius 3 is 2.45 bits per heavy atom. The molecule has 5 heteroatoms. The number of nitrogens with one attached hydrogen (secondary N) is 1. The summed E-state index contributed by atoms with van der Waals surface area (Å²) in [5.41, 5.74) is 3.73. The van der Waals surface area contributed by atoms with Gasteiger partial charge < -0.3 is 9.47 Å². The normalized spacial score (nSPS) is 10.8. The van der Waals surface area contributed by atoms with Crippen molar-refractivity contribution in [2.24, 2.45) is 5.10 Å². The molecular formula is C26H20N2O3. The number of benzene rings is 4. The van der Waals surface area contributed by atoms with Crippen LogP contribution < -0.4 is 14.9 Å². The Hall–Kier alpha value is -4.30. The van der Waals surface area contributed by atoms with Crippen molar-refractivity contribution in [1.29, 1.82) is 0 Å². The molecule has 0 fully saturated rings. The fourth-order valence-corrected chi connectivity index (χ4v) is 3.44. The SMILES string of the molecule is C#CCOc1ccc2ccccc2c1/C=N\NC(=O)c1cc2ccccc2cc1OC. The van der Waals surface area contributed by atoms with E-state index in [0.717, 1.165) is 27.1 Å². The third kappa shape index (κ3) is 4.19. The van der Waals surface area contributed by atoms with E-state index in [1.165, 1.54) is 7.11 Å². The van der Waals surface area contributed by atoms with Crippen molar-refractivity contribution in [1.82, 2.24) is 5.43 Å². The summed E-state index contributed by atoms with van der Waals surface area (Å²) >= 11 is 0. The standard InChI is InChI=1S/C26H20N2O3/c1-3-14-31-24-13-12-18-8-6-7-11-21(18)23(24)17-27-28-26(29)22-15-19-9-4-5-10-20(19)16-25(22)30-2/h1,4-13,15-17H,14H2,2H3,(H,28,29)/b27-17-. The van der Waals surface area contributed by atoms with Crippen LogP contribution in [0.1, 0.15) is 15.9 Å². The van der Waals surface area contributed by atoms with Crippen LogP contribution in [0.25, 0.3) is 21.5 Å². The third-order valence-corrected chi connectivity index (χ3v) is 4.91. The molecule has 0 unspecified atom stereocenters. The first-order chi connectivity index (χ1) is 15.2. The van der Waals surface area contributed by atoms with Crippen molar-refractivity contribution in [3.8, 4) is 23.8 Å². The Kier molecular flexibility index (Phi) is 5.82. The Balaban J connectivity index is 1.64. The van der Waals surface area contributed by atoms with E-state index < -0.39 is 0 Å². The number of rotatable bonds is 6. The van der Waals surface area contributed by atoms with Crippen molar-refractivity contribution in [2.75, 3.05) is 13.7 Å². The molecule has 0 spiro atoms. The fourth-order valence-electron chi connectivity index (χ4n) is 3.44. The number of terminal acetylenes is 1. The van der Waals surface area contributed by atoms with Gasteiger partial charge in [0.1, 0.15) is 18.1 Å². The number of amides is 1. The average molecular weight is 408 g/mol. The van der Waals surface area contributed by atoms with E-state index in [1.54, 1.807) is 12.3 Å². The van der Waals surface area contributed by atoms with Crippen LogP contribution in [-0.4, -0.2) is 25.8 Å². The Labute approximate surface area is 180 Å². The van der Waals surface area contributed by atoms with E-state index in [0.29, 0.717) is 17.1 Å². The van der Waals surface area contributed by atoms with Gasteiger partial charge in [-0.1, -0.05) is 60.5 Å². The quantitative estimate of drug-likeness (QED) is 0.284. The zero-order valence-corrected chi connectivity index (χ0v) is 17.0. The van der Waals surface area contributed by atoms with Crippen molar-refractivity contribution >= 4 is 33.7 Å². The van der Waals surface area contributed by atoms with Gasteiger partial charge in [0.05, 0.1) is 18.9 Å². The lowest BCUT2D eigenvalue weighted by Gasteiger charge is -2.11. The highest BCUT2D eigenvalue weighted by Gasteiger charge is 2.13. The van der Waals surface area contributed by atoms with Crippen LogP contribution in [0.3, 0.4) is 0 Å². The number of hydrogen-bond donors (Lipinski definition) is 1. The molecule has 31 heavy (non-hydrogen) atoms. The van der Waals surface area contributed by atoms with Gasteiger partial charge in [0.25, 0.3) is 5.91 Å². The van der Waals surface area contributed by atoms with Gasteiger partial charge >= 0.3 is 0 Å². The van der Waals surface area contributed by atoms with Gasteiger partial charge in [-0.3, -0.25) is 4.79 Å². The number of fused-ring (bicyclic) bond motifs is 2. The summed E-state index contributed by atoms with van der Waals surface area (Å²) in [6.45, 7) is 0.139. The zero-order chi connectivity index (χ0) is 21.6. The second kappa shape index (κ2) is 9.02. The molecule has 1 amide bonds. The van der Waals surface area contributed by atoms with Gasteiger partial charge in [-0.15, -0.1) is 6.42 Å². The van der Waals surface area contributed by atoms with Crippen molar-refractivity contribution < 1.29 is 14.3 Å². The number of methoxy groups -OCH3 is 1. The molecule has 0 bridgehead atoms. The second-order valence-electron chi connectivity index (χ2n) is 6.79. The van der Waals surface area contributed by atoms with Crippen LogP contribution in [0.2, 0.25) is 0 Å². The number of nitrogens with zero attached hydrogens (tertiary/aromatic N) is 1. The van der Waals surface area contributed by atoms with Crippen molar-refractivity contribution in [3.05, 3.63) is 83.9 Å². The third-order valence-electron chi connectivity index (χ3n) is 4.91. The molecule has 4 aromatic carbocycles. The van der Waals surface area contributed by atoms with Crippen molar-refractivity contribution in [3.63, 3.8) is 0 Å². The molecule has 0 heterocycles. The highest BCUT2D eigenvalue weighted by Crippen LogP contribution is 2.27. The summed E-state index contributed by atoms with van der Waals surface area (Å²) in [4.78, 5) is 12.8. The lowest BCUT2D eigenvalue weighted by atomic mass is 10.0. The number of carbonyl (C=O) groups excluding carboxylic acids is 1. The minimum Gasteiger partial charge on any atom is -0.496 e. The lowest BCUT2D eigenvalue weighted by Crippen LogP contribution is -2.18. The van der Waals surface area contributed by atoms with Gasteiger partial charge in [0.2, 0.25) is 0 Å². The zero-order valence-electron chi connectivity index (χ0n) is 17.0. The average Bonchev–Trinajstić information content (AvgIpc) is 2.82. The number of hydrogen-bond acceptors (Lipinski definition) is 4. The smallest absolute Gasteiger partial charge is 0.275 e. The molecule has 4 rings (SSSR count). The minimum atomic E-state index is -0.370. The maximum atomic E-state index is 12.8. The molecule has 0 aromatic heterocycles. The number of ether oxygens (including phenoxy) is 2. The van der Waals surface area contributed by atoms with E-state index in [-0.39, 0.29) is 12.5 Å². The molecule has 1 N–H and O–H groups in total. The molecule has 0 radical (unpaired) electrons. The van der Waals surface area contributed by atoms with E-state index in [2.05, 4.69) is 16.4 Å². The number of hydrazone groups is 1. The Morgan fingerprint density at radius 2 is 1.71 bits per heavy atom. The fraction of sp³-hybridized carbons (Fsp3) is 0.0769. The van der Waals surface area contributed by atoms with Gasteiger partial charge in [-0.05, 0) is 39.7 Å². The molecule has 4 aromatic rings. The summed E-state index contributed by atoms with van der Waals surface area (Å²) in [6, 6.07) is 23.1. The summed E-state index contributed by atoms with van der Waals surface area (Å²) in [6.07, 6.45) is 6.90. The highest BCUT2D eigenvalue weighted by atomic mass is 16.5. The molecule has 0 saturated carbocycles. The second-order valence-corrected chi connectivity index (χ2v) is 6.79. The van der Waals surface area contributed by atoms with E-state index >= 15 is 0 Å². The predicted molar refractivity (Wildman–Crippen MR) is 124 cm³/mol. The van der Waals surface area contributed by atoms with E-state index in [9.17, 15) is 4.79 Å². The topological polar surface area (TPSA) is 59.9 Å². The Bertz CT molecular complexity index is 1340. The maximum Gasteiger partial charge on any atom is 0.275 e. The largest absolute Gasteiger partial charge is 0.496 e. The minimum absolute atomic E-state index is 0.139. The van der Waals surface area contributed by atoms with E-state index in [4.69, 9.17) is 15.9 Å². The molecule has 0 aliphatic rings. The van der Waals surface area contributed by atoms with Gasteiger partial charge in [0, 0.05) is 5.56 Å². The van der Waals surface area contributed by atoms with E-state index in [1.807, 2.05) is 66.7 Å².